The van der Waals surface area contributed by atoms with Gasteiger partial charge < -0.3 is 9.84 Å². The van der Waals surface area contributed by atoms with E-state index in [1.54, 1.807) is 24.3 Å². The third-order valence-corrected chi connectivity index (χ3v) is 4.02. The van der Waals surface area contributed by atoms with Gasteiger partial charge in [-0.1, -0.05) is 69.0 Å². The molecule has 1 N–H and O–H groups in total. The van der Waals surface area contributed by atoms with Crippen molar-refractivity contribution >= 4 is 18.1 Å². The van der Waals surface area contributed by atoms with E-state index in [-0.39, 0.29) is 0 Å². The maximum absolute atomic E-state index is 10.8. The van der Waals surface area contributed by atoms with Crippen molar-refractivity contribution in [1.29, 1.82) is 0 Å². The monoisotopic (exact) mass is 338 g/mol. The van der Waals surface area contributed by atoms with Crippen LogP contribution in [0, 0.1) is 0 Å². The highest BCUT2D eigenvalue weighted by atomic mass is 16.5. The summed E-state index contributed by atoms with van der Waals surface area (Å²) in [6.07, 6.45) is 10.2. The Hall–Kier alpha value is -2.55. The largest absolute Gasteiger partial charge is 0.494 e. The summed E-state index contributed by atoms with van der Waals surface area (Å²) in [5.74, 6) is -0.00469. The number of hydrogen-bond acceptors (Lipinski definition) is 2. The van der Waals surface area contributed by atoms with Crippen LogP contribution in [0.1, 0.15) is 60.5 Å². The molecule has 0 aliphatic rings. The molecule has 2 aromatic carbocycles. The van der Waals surface area contributed by atoms with Crippen LogP contribution in [0.5, 0.6) is 5.75 Å². The minimum Gasteiger partial charge on any atom is -0.494 e. The van der Waals surface area contributed by atoms with Gasteiger partial charge in [0.25, 0.3) is 0 Å². The van der Waals surface area contributed by atoms with Crippen LogP contribution >= 0.6 is 0 Å². The number of carboxylic acids is 1. The molecule has 25 heavy (non-hydrogen) atoms. The zero-order valence-corrected chi connectivity index (χ0v) is 14.8. The number of rotatable bonds is 10. The topological polar surface area (TPSA) is 46.5 Å². The molecule has 0 radical (unpaired) electrons. The van der Waals surface area contributed by atoms with E-state index in [1.165, 1.54) is 25.7 Å². The second kappa shape index (κ2) is 10.3. The number of hydrogen-bond donors (Lipinski definition) is 1. The first-order chi connectivity index (χ1) is 12.2. The molecule has 0 bridgehead atoms. The van der Waals surface area contributed by atoms with Gasteiger partial charge in [-0.3, -0.25) is 0 Å². The molecule has 132 valence electrons. The number of unbranched alkanes of at least 4 members (excludes halogenated alkanes) is 4. The van der Waals surface area contributed by atoms with Crippen molar-refractivity contribution in [2.45, 2.75) is 39.0 Å². The summed E-state index contributed by atoms with van der Waals surface area (Å²) >= 11 is 0. The Morgan fingerprint density at radius 1 is 0.880 bits per heavy atom. The molecule has 0 saturated carbocycles. The Morgan fingerprint density at radius 2 is 1.44 bits per heavy atom. The van der Waals surface area contributed by atoms with Gasteiger partial charge in [0.05, 0.1) is 12.2 Å². The lowest BCUT2D eigenvalue weighted by molar-refractivity contribution is 0.0697. The van der Waals surface area contributed by atoms with Gasteiger partial charge in [0.15, 0.2) is 0 Å². The van der Waals surface area contributed by atoms with E-state index in [9.17, 15) is 4.79 Å². The van der Waals surface area contributed by atoms with E-state index in [0.717, 1.165) is 29.9 Å². The Labute approximate surface area is 150 Å². The van der Waals surface area contributed by atoms with Crippen molar-refractivity contribution in [3.05, 3.63) is 65.2 Å². The molecule has 0 spiro atoms. The lowest BCUT2D eigenvalue weighted by Gasteiger charge is -2.06. The zero-order valence-electron chi connectivity index (χ0n) is 14.8. The lowest BCUT2D eigenvalue weighted by Crippen LogP contribution is -1.97. The molecule has 3 heteroatoms. The van der Waals surface area contributed by atoms with Crippen LogP contribution in [-0.4, -0.2) is 17.7 Å². The summed E-state index contributed by atoms with van der Waals surface area (Å²) in [6.45, 7) is 2.99. The number of ether oxygens (including phenoxy) is 1. The smallest absolute Gasteiger partial charge is 0.335 e. The fourth-order valence-corrected chi connectivity index (χ4v) is 2.50. The maximum atomic E-state index is 10.8. The average molecular weight is 338 g/mol. The SMILES string of the molecule is CCCCCCCOc1ccc(C=Cc2ccc(C(=O)O)cc2)cc1. The highest BCUT2D eigenvalue weighted by Gasteiger charge is 2.00. The Kier molecular flexibility index (Phi) is 7.77. The van der Waals surface area contributed by atoms with Crippen molar-refractivity contribution in [2.24, 2.45) is 0 Å². The van der Waals surface area contributed by atoms with E-state index in [0.29, 0.717) is 5.56 Å². The van der Waals surface area contributed by atoms with Crippen LogP contribution in [0.2, 0.25) is 0 Å². The zero-order chi connectivity index (χ0) is 17.9. The summed E-state index contributed by atoms with van der Waals surface area (Å²) in [7, 11) is 0. The van der Waals surface area contributed by atoms with Crippen LogP contribution < -0.4 is 4.74 Å². The van der Waals surface area contributed by atoms with E-state index >= 15 is 0 Å². The average Bonchev–Trinajstić information content (AvgIpc) is 2.64. The quantitative estimate of drug-likeness (QED) is 0.433. The Morgan fingerprint density at radius 3 is 2.00 bits per heavy atom. The summed E-state index contributed by atoms with van der Waals surface area (Å²) in [6, 6.07) is 14.8. The highest BCUT2D eigenvalue weighted by Crippen LogP contribution is 2.16. The first kappa shape index (κ1) is 18.8. The van der Waals surface area contributed by atoms with E-state index in [4.69, 9.17) is 9.84 Å². The molecule has 0 amide bonds. The van der Waals surface area contributed by atoms with Gasteiger partial charge in [0.2, 0.25) is 0 Å². The molecule has 0 aliphatic heterocycles. The third kappa shape index (κ3) is 6.84. The van der Waals surface area contributed by atoms with E-state index < -0.39 is 5.97 Å². The molecule has 0 aliphatic carbocycles. The molecule has 0 saturated heterocycles. The van der Waals surface area contributed by atoms with Gasteiger partial charge in [-0.15, -0.1) is 0 Å². The first-order valence-electron chi connectivity index (χ1n) is 8.93. The molecule has 0 fully saturated rings. The predicted octanol–water partition coefficient (Wildman–Crippen LogP) is 5.90. The summed E-state index contributed by atoms with van der Waals surface area (Å²) in [4.78, 5) is 10.8. The number of benzene rings is 2. The second-order valence-electron chi connectivity index (χ2n) is 6.09. The predicted molar refractivity (Wildman–Crippen MR) is 103 cm³/mol. The van der Waals surface area contributed by atoms with Gasteiger partial charge in [-0.2, -0.15) is 0 Å². The van der Waals surface area contributed by atoms with Crippen molar-refractivity contribution in [3.8, 4) is 5.75 Å². The molecule has 3 nitrogen and oxygen atoms in total. The van der Waals surface area contributed by atoms with Crippen molar-refractivity contribution in [2.75, 3.05) is 6.61 Å². The van der Waals surface area contributed by atoms with Crippen LogP contribution in [0.15, 0.2) is 48.5 Å². The molecule has 2 rings (SSSR count). The van der Waals surface area contributed by atoms with Crippen LogP contribution in [0.3, 0.4) is 0 Å². The fraction of sp³-hybridized carbons (Fsp3) is 0.318. The number of carbonyl (C=O) groups is 1. The minimum absolute atomic E-state index is 0.299. The van der Waals surface area contributed by atoms with Crippen molar-refractivity contribution in [1.82, 2.24) is 0 Å². The molecular weight excluding hydrogens is 312 g/mol. The van der Waals surface area contributed by atoms with Gasteiger partial charge in [-0.05, 0) is 41.8 Å². The molecular formula is C22H26O3. The van der Waals surface area contributed by atoms with Crippen LogP contribution in [-0.2, 0) is 0 Å². The van der Waals surface area contributed by atoms with Gasteiger partial charge in [0, 0.05) is 0 Å². The van der Waals surface area contributed by atoms with Crippen molar-refractivity contribution < 1.29 is 14.6 Å². The summed E-state index contributed by atoms with van der Waals surface area (Å²) < 4.78 is 5.76. The molecule has 0 unspecified atom stereocenters. The molecule has 0 aromatic heterocycles. The lowest BCUT2D eigenvalue weighted by atomic mass is 10.1. The number of aromatic carboxylic acids is 1. The van der Waals surface area contributed by atoms with Crippen LogP contribution in [0.25, 0.3) is 12.2 Å². The molecule has 0 atom stereocenters. The van der Waals surface area contributed by atoms with E-state index in [2.05, 4.69) is 6.92 Å². The van der Waals surface area contributed by atoms with Gasteiger partial charge >= 0.3 is 5.97 Å². The van der Waals surface area contributed by atoms with Gasteiger partial charge in [-0.25, -0.2) is 4.79 Å². The first-order valence-corrected chi connectivity index (χ1v) is 8.93. The van der Waals surface area contributed by atoms with E-state index in [1.807, 2.05) is 36.4 Å². The minimum atomic E-state index is -0.906. The Bertz CT molecular complexity index is 669. The van der Waals surface area contributed by atoms with Crippen LogP contribution in [0.4, 0.5) is 0 Å². The Balaban J connectivity index is 1.80. The second-order valence-corrected chi connectivity index (χ2v) is 6.09. The normalized spacial score (nSPS) is 10.9. The molecule has 0 heterocycles. The molecule has 2 aromatic rings. The maximum Gasteiger partial charge on any atom is 0.335 e. The summed E-state index contributed by atoms with van der Waals surface area (Å²) in [5, 5.41) is 8.90. The standard InChI is InChI=1S/C22H26O3/c1-2-3-4-5-6-17-25-21-15-11-19(12-16-21)8-7-18-9-13-20(14-10-18)22(23)24/h7-16H,2-6,17H2,1H3,(H,23,24). The number of carboxylic acid groups (broad SMARTS) is 1. The third-order valence-electron chi connectivity index (χ3n) is 4.02. The van der Waals surface area contributed by atoms with Crippen molar-refractivity contribution in [3.63, 3.8) is 0 Å². The fourth-order valence-electron chi connectivity index (χ4n) is 2.50. The van der Waals surface area contributed by atoms with Gasteiger partial charge in [0.1, 0.15) is 5.75 Å². The highest BCUT2D eigenvalue weighted by molar-refractivity contribution is 5.88. The summed E-state index contributed by atoms with van der Waals surface area (Å²) in [5.41, 5.74) is 2.35.